The molecule has 5 unspecified atom stereocenters. The molecule has 0 bridgehead atoms. The van der Waals surface area contributed by atoms with Gasteiger partial charge < -0.3 is 20.1 Å². The van der Waals surface area contributed by atoms with Gasteiger partial charge in [-0.05, 0) is 34.1 Å². The van der Waals surface area contributed by atoms with Gasteiger partial charge >= 0.3 is 6.09 Å². The maximum Gasteiger partial charge on any atom is 0.407 e. The predicted molar refractivity (Wildman–Crippen MR) is 87.1 cm³/mol. The number of nitrogens with one attached hydrogen (secondary N) is 2. The summed E-state index contributed by atoms with van der Waals surface area (Å²) in [7, 11) is -3.06. The van der Waals surface area contributed by atoms with Crippen LogP contribution in [-0.4, -0.2) is 63.0 Å². The number of fused-ring (bicyclic) bond motifs is 1. The molecule has 2 fully saturated rings. The molecule has 1 saturated heterocycles. The molecule has 134 valence electrons. The first-order valence-corrected chi connectivity index (χ1v) is 10.1. The minimum Gasteiger partial charge on any atom is -0.444 e. The highest BCUT2D eigenvalue weighted by Gasteiger charge is 2.55. The Morgan fingerprint density at radius 2 is 2.00 bits per heavy atom. The molecule has 8 heteroatoms. The van der Waals surface area contributed by atoms with E-state index in [-0.39, 0.29) is 35.9 Å². The molecular formula is C15H28N2O5S. The quantitative estimate of drug-likeness (QED) is 0.759. The van der Waals surface area contributed by atoms with E-state index in [4.69, 9.17) is 9.47 Å². The van der Waals surface area contributed by atoms with E-state index in [9.17, 15) is 13.2 Å². The normalized spacial score (nSPS) is 31.9. The summed E-state index contributed by atoms with van der Waals surface area (Å²) in [5.41, 5.74) is -0.550. The van der Waals surface area contributed by atoms with Crippen LogP contribution in [0.1, 0.15) is 34.1 Å². The molecule has 5 atom stereocenters. The van der Waals surface area contributed by atoms with E-state index in [0.29, 0.717) is 6.61 Å². The first-order chi connectivity index (χ1) is 10.5. The van der Waals surface area contributed by atoms with E-state index in [1.807, 2.05) is 27.7 Å². The van der Waals surface area contributed by atoms with Crippen molar-refractivity contribution < 1.29 is 22.7 Å². The second-order valence-electron chi connectivity index (χ2n) is 7.65. The van der Waals surface area contributed by atoms with Gasteiger partial charge in [-0.2, -0.15) is 0 Å². The van der Waals surface area contributed by atoms with Crippen LogP contribution in [0.15, 0.2) is 0 Å². The number of carbonyl (C=O) groups excluding carboxylic acids is 1. The van der Waals surface area contributed by atoms with Crippen molar-refractivity contribution in [1.29, 1.82) is 0 Å². The van der Waals surface area contributed by atoms with Gasteiger partial charge in [-0.1, -0.05) is 0 Å². The number of ether oxygens (including phenoxy) is 2. The summed E-state index contributed by atoms with van der Waals surface area (Å²) in [6.07, 6.45) is 1.69. The molecule has 1 aliphatic carbocycles. The highest BCUT2D eigenvalue weighted by atomic mass is 32.2. The Hall–Kier alpha value is -0.860. The van der Waals surface area contributed by atoms with Gasteiger partial charge in [-0.15, -0.1) is 0 Å². The van der Waals surface area contributed by atoms with Crippen LogP contribution in [0, 0.1) is 5.92 Å². The van der Waals surface area contributed by atoms with Gasteiger partial charge in [0.05, 0.1) is 23.9 Å². The number of hydrogen-bond donors (Lipinski definition) is 2. The lowest BCUT2D eigenvalue weighted by Crippen LogP contribution is -2.71. The standard InChI is InChI=1S/C15H28N2O5S/c1-9(8-23(5,19)20)16-12-11(10-6-7-21-13(10)12)17-14(18)22-15(2,3)4/h9-13,16H,6-8H2,1-5H3,(H,17,18). The first kappa shape index (κ1) is 18.5. The summed E-state index contributed by atoms with van der Waals surface area (Å²) in [5, 5.41) is 6.20. The van der Waals surface area contributed by atoms with Crippen LogP contribution in [-0.2, 0) is 19.3 Å². The molecule has 1 amide bonds. The van der Waals surface area contributed by atoms with E-state index < -0.39 is 21.5 Å². The monoisotopic (exact) mass is 348 g/mol. The maximum atomic E-state index is 12.0. The SMILES string of the molecule is CC(CS(C)(=O)=O)NC1C(NC(=O)OC(C)(C)C)C2CCOC21. The number of amides is 1. The molecule has 7 nitrogen and oxygen atoms in total. The van der Waals surface area contributed by atoms with Gasteiger partial charge in [-0.3, -0.25) is 0 Å². The summed E-state index contributed by atoms with van der Waals surface area (Å²) < 4.78 is 33.8. The van der Waals surface area contributed by atoms with E-state index in [1.54, 1.807) is 0 Å². The highest BCUT2D eigenvalue weighted by Crippen LogP contribution is 2.39. The van der Waals surface area contributed by atoms with Gasteiger partial charge in [-0.25, -0.2) is 13.2 Å². The fourth-order valence-corrected chi connectivity index (χ4v) is 4.38. The third-order valence-corrected chi connectivity index (χ3v) is 5.20. The van der Waals surface area contributed by atoms with Crippen molar-refractivity contribution in [3.63, 3.8) is 0 Å². The zero-order valence-electron chi connectivity index (χ0n) is 14.5. The zero-order chi connectivity index (χ0) is 17.4. The molecule has 1 heterocycles. The maximum absolute atomic E-state index is 12.0. The summed E-state index contributed by atoms with van der Waals surface area (Å²) >= 11 is 0. The van der Waals surface area contributed by atoms with Crippen LogP contribution in [0.4, 0.5) is 4.79 Å². The first-order valence-electron chi connectivity index (χ1n) is 8.01. The van der Waals surface area contributed by atoms with Crippen molar-refractivity contribution in [1.82, 2.24) is 10.6 Å². The van der Waals surface area contributed by atoms with Crippen molar-refractivity contribution in [3.8, 4) is 0 Å². The van der Waals surface area contributed by atoms with Crippen LogP contribution >= 0.6 is 0 Å². The molecule has 1 aliphatic heterocycles. The smallest absolute Gasteiger partial charge is 0.407 e. The summed E-state index contributed by atoms with van der Waals surface area (Å²) in [6, 6.07) is -0.394. The topological polar surface area (TPSA) is 93.7 Å². The van der Waals surface area contributed by atoms with Crippen LogP contribution < -0.4 is 10.6 Å². The number of carbonyl (C=O) groups is 1. The molecule has 2 N–H and O–H groups in total. The summed E-state index contributed by atoms with van der Waals surface area (Å²) in [5.74, 6) is 0.311. The van der Waals surface area contributed by atoms with Gasteiger partial charge in [0.1, 0.15) is 15.4 Å². The van der Waals surface area contributed by atoms with Crippen molar-refractivity contribution in [2.24, 2.45) is 5.92 Å². The van der Waals surface area contributed by atoms with Crippen LogP contribution in [0.3, 0.4) is 0 Å². The van der Waals surface area contributed by atoms with E-state index in [2.05, 4.69) is 10.6 Å². The van der Waals surface area contributed by atoms with E-state index in [1.165, 1.54) is 6.26 Å². The average molecular weight is 348 g/mol. The second kappa shape index (κ2) is 6.57. The van der Waals surface area contributed by atoms with Crippen LogP contribution in [0.25, 0.3) is 0 Å². The Balaban J connectivity index is 1.95. The Morgan fingerprint density at radius 3 is 2.57 bits per heavy atom. The lowest BCUT2D eigenvalue weighted by atomic mass is 9.71. The second-order valence-corrected chi connectivity index (χ2v) is 9.83. The largest absolute Gasteiger partial charge is 0.444 e. The molecule has 1 saturated carbocycles. The molecule has 0 spiro atoms. The van der Waals surface area contributed by atoms with Gasteiger partial charge in [0.25, 0.3) is 0 Å². The molecule has 0 aromatic carbocycles. The third kappa shape index (κ3) is 5.06. The number of rotatable bonds is 5. The van der Waals surface area contributed by atoms with Crippen molar-refractivity contribution in [2.75, 3.05) is 18.6 Å². The van der Waals surface area contributed by atoms with Crippen molar-refractivity contribution in [3.05, 3.63) is 0 Å². The lowest BCUT2D eigenvalue weighted by molar-refractivity contribution is -0.0363. The Morgan fingerprint density at radius 1 is 1.35 bits per heavy atom. The van der Waals surface area contributed by atoms with Crippen LogP contribution in [0.5, 0.6) is 0 Å². The summed E-state index contributed by atoms with van der Waals surface area (Å²) in [4.78, 5) is 12.0. The molecule has 0 radical (unpaired) electrons. The molecule has 2 aliphatic rings. The number of hydrogen-bond acceptors (Lipinski definition) is 6. The molecule has 0 aromatic heterocycles. The lowest BCUT2D eigenvalue weighted by Gasteiger charge is -2.49. The fraction of sp³-hybridized carbons (Fsp3) is 0.933. The molecule has 0 aromatic rings. The Bertz CT molecular complexity index is 543. The van der Waals surface area contributed by atoms with Gasteiger partial charge in [0.2, 0.25) is 0 Å². The molecule has 2 rings (SSSR count). The molecular weight excluding hydrogens is 320 g/mol. The third-order valence-electron chi connectivity index (χ3n) is 4.10. The minimum atomic E-state index is -3.06. The summed E-state index contributed by atoms with van der Waals surface area (Å²) in [6.45, 7) is 7.95. The zero-order valence-corrected chi connectivity index (χ0v) is 15.3. The molecule has 23 heavy (non-hydrogen) atoms. The Kier molecular flexibility index (Phi) is 5.27. The van der Waals surface area contributed by atoms with E-state index >= 15 is 0 Å². The highest BCUT2D eigenvalue weighted by molar-refractivity contribution is 7.90. The number of sulfone groups is 1. The average Bonchev–Trinajstić information content (AvgIpc) is 2.73. The predicted octanol–water partition coefficient (Wildman–Crippen LogP) is 0.690. The fourth-order valence-electron chi connectivity index (χ4n) is 3.38. The van der Waals surface area contributed by atoms with E-state index in [0.717, 1.165) is 6.42 Å². The number of alkyl carbamates (subject to hydrolysis) is 1. The minimum absolute atomic E-state index is 0.0250. The van der Waals surface area contributed by atoms with Crippen molar-refractivity contribution in [2.45, 2.75) is 63.9 Å². The van der Waals surface area contributed by atoms with Gasteiger partial charge in [0, 0.05) is 24.8 Å². The van der Waals surface area contributed by atoms with Crippen molar-refractivity contribution >= 4 is 15.9 Å². The van der Waals surface area contributed by atoms with Crippen LogP contribution in [0.2, 0.25) is 0 Å². The van der Waals surface area contributed by atoms with Gasteiger partial charge in [0.15, 0.2) is 0 Å². The Labute approximate surface area is 138 Å².